The molecule has 104 valence electrons. The molecule has 2 rings (SSSR count). The molecular formula is C14H20N2O3. The molecule has 1 aromatic carbocycles. The number of ether oxygens (including phenoxy) is 2. The Kier molecular flexibility index (Phi) is 4.27. The van der Waals surface area contributed by atoms with E-state index in [2.05, 4.69) is 5.32 Å². The van der Waals surface area contributed by atoms with E-state index in [1.54, 1.807) is 0 Å². The lowest BCUT2D eigenvalue weighted by molar-refractivity contribution is -0.116. The number of hydrogen-bond donors (Lipinski definition) is 2. The Labute approximate surface area is 113 Å². The van der Waals surface area contributed by atoms with Crippen molar-refractivity contribution < 1.29 is 14.3 Å². The minimum absolute atomic E-state index is 0.0299. The van der Waals surface area contributed by atoms with Gasteiger partial charge in [-0.05, 0) is 31.0 Å². The molecule has 1 aliphatic heterocycles. The van der Waals surface area contributed by atoms with Gasteiger partial charge in [0.25, 0.3) is 0 Å². The van der Waals surface area contributed by atoms with E-state index < -0.39 is 0 Å². The van der Waals surface area contributed by atoms with Crippen LogP contribution in [0, 0.1) is 12.8 Å². The Morgan fingerprint density at radius 1 is 1.37 bits per heavy atom. The molecule has 0 saturated carbocycles. The molecule has 5 heteroatoms. The molecule has 1 amide bonds. The molecule has 0 radical (unpaired) electrons. The Morgan fingerprint density at radius 3 is 2.63 bits per heavy atom. The van der Waals surface area contributed by atoms with Crippen LogP contribution < -0.4 is 20.5 Å². The van der Waals surface area contributed by atoms with E-state index in [1.807, 2.05) is 26.0 Å². The maximum Gasteiger partial charge on any atom is 0.224 e. The van der Waals surface area contributed by atoms with Crippen molar-refractivity contribution in [3.05, 3.63) is 17.7 Å². The number of nitrogens with one attached hydrogen (secondary N) is 1. The van der Waals surface area contributed by atoms with Gasteiger partial charge >= 0.3 is 0 Å². The molecule has 0 spiro atoms. The van der Waals surface area contributed by atoms with Crippen LogP contribution in [0.15, 0.2) is 12.1 Å². The molecule has 1 aromatic rings. The predicted octanol–water partition coefficient (Wildman–Crippen LogP) is 1.69. The summed E-state index contributed by atoms with van der Waals surface area (Å²) in [5, 5.41) is 2.90. The normalized spacial score (nSPS) is 14.9. The smallest absolute Gasteiger partial charge is 0.224 e. The maximum atomic E-state index is 11.9. The average Bonchev–Trinajstić information content (AvgIpc) is 2.39. The molecule has 0 saturated heterocycles. The maximum absolute atomic E-state index is 11.9. The van der Waals surface area contributed by atoms with Crippen LogP contribution in [0.1, 0.15) is 18.9 Å². The second kappa shape index (κ2) is 5.93. The zero-order valence-electron chi connectivity index (χ0n) is 11.4. The highest BCUT2D eigenvalue weighted by atomic mass is 16.6. The third-order valence-corrected chi connectivity index (χ3v) is 3.10. The summed E-state index contributed by atoms with van der Waals surface area (Å²) in [5.74, 6) is 1.56. The largest absolute Gasteiger partial charge is 0.486 e. The second-order valence-corrected chi connectivity index (χ2v) is 4.90. The van der Waals surface area contributed by atoms with Gasteiger partial charge in [0, 0.05) is 18.2 Å². The van der Waals surface area contributed by atoms with Crippen LogP contribution in [0.2, 0.25) is 0 Å². The lowest BCUT2D eigenvalue weighted by Gasteiger charge is -2.20. The quantitative estimate of drug-likeness (QED) is 0.868. The summed E-state index contributed by atoms with van der Waals surface area (Å²) < 4.78 is 11.0. The highest BCUT2D eigenvalue weighted by molar-refractivity contribution is 5.92. The number of hydrogen-bond acceptors (Lipinski definition) is 4. The van der Waals surface area contributed by atoms with E-state index >= 15 is 0 Å². The van der Waals surface area contributed by atoms with E-state index in [0.717, 1.165) is 17.0 Å². The van der Waals surface area contributed by atoms with Crippen molar-refractivity contribution in [2.24, 2.45) is 11.7 Å². The summed E-state index contributed by atoms with van der Waals surface area (Å²) in [7, 11) is 0. The molecule has 1 unspecified atom stereocenters. The number of anilines is 1. The fourth-order valence-electron chi connectivity index (χ4n) is 1.93. The minimum atomic E-state index is -0.0299. The number of carbonyl (C=O) groups excluding carboxylic acids is 1. The van der Waals surface area contributed by atoms with Crippen molar-refractivity contribution in [3.8, 4) is 11.5 Å². The number of carbonyl (C=O) groups is 1. The average molecular weight is 264 g/mol. The summed E-state index contributed by atoms with van der Waals surface area (Å²) >= 11 is 0. The summed E-state index contributed by atoms with van der Waals surface area (Å²) in [6, 6.07) is 3.70. The van der Waals surface area contributed by atoms with Gasteiger partial charge in [-0.1, -0.05) is 6.92 Å². The van der Waals surface area contributed by atoms with Crippen molar-refractivity contribution >= 4 is 11.6 Å². The second-order valence-electron chi connectivity index (χ2n) is 4.90. The van der Waals surface area contributed by atoms with Crippen LogP contribution in [0.25, 0.3) is 0 Å². The number of nitrogens with two attached hydrogens (primary N) is 1. The molecule has 1 heterocycles. The molecule has 1 aliphatic rings. The Hall–Kier alpha value is -1.75. The fraction of sp³-hybridized carbons (Fsp3) is 0.500. The van der Waals surface area contributed by atoms with Crippen LogP contribution >= 0.6 is 0 Å². The highest BCUT2D eigenvalue weighted by Crippen LogP contribution is 2.35. The third kappa shape index (κ3) is 3.38. The molecule has 0 bridgehead atoms. The molecule has 3 N–H and O–H groups in total. The Bertz CT molecular complexity index is 474. The number of aryl methyl sites for hydroxylation is 1. The van der Waals surface area contributed by atoms with Gasteiger partial charge in [0.2, 0.25) is 5.91 Å². The number of amides is 1. The summed E-state index contributed by atoms with van der Waals surface area (Å²) in [6.07, 6.45) is 0.421. The zero-order chi connectivity index (χ0) is 13.8. The molecule has 19 heavy (non-hydrogen) atoms. The first-order valence-corrected chi connectivity index (χ1v) is 6.50. The van der Waals surface area contributed by atoms with Gasteiger partial charge in [0.1, 0.15) is 13.2 Å². The predicted molar refractivity (Wildman–Crippen MR) is 73.6 cm³/mol. The third-order valence-electron chi connectivity index (χ3n) is 3.10. The van der Waals surface area contributed by atoms with Gasteiger partial charge in [0.15, 0.2) is 11.5 Å². The molecule has 0 fully saturated rings. The molecule has 0 aromatic heterocycles. The SMILES string of the molecule is Cc1cc2c(cc1NC(=O)CC(C)CN)OCCO2. The first kappa shape index (κ1) is 13.7. The first-order valence-electron chi connectivity index (χ1n) is 6.50. The lowest BCUT2D eigenvalue weighted by atomic mass is 10.1. The Balaban J connectivity index is 2.10. The number of benzene rings is 1. The van der Waals surface area contributed by atoms with Crippen molar-refractivity contribution in [2.45, 2.75) is 20.3 Å². The van der Waals surface area contributed by atoms with Gasteiger partial charge in [-0.15, -0.1) is 0 Å². The van der Waals surface area contributed by atoms with Crippen molar-refractivity contribution in [3.63, 3.8) is 0 Å². The van der Waals surface area contributed by atoms with Gasteiger partial charge in [-0.2, -0.15) is 0 Å². The van der Waals surface area contributed by atoms with Gasteiger partial charge in [-0.3, -0.25) is 4.79 Å². The Morgan fingerprint density at radius 2 is 2.00 bits per heavy atom. The van der Waals surface area contributed by atoms with E-state index in [9.17, 15) is 4.79 Å². The van der Waals surface area contributed by atoms with Gasteiger partial charge < -0.3 is 20.5 Å². The number of fused-ring (bicyclic) bond motifs is 1. The van der Waals surface area contributed by atoms with Crippen LogP contribution in [0.5, 0.6) is 11.5 Å². The van der Waals surface area contributed by atoms with Crippen LogP contribution in [0.3, 0.4) is 0 Å². The van der Waals surface area contributed by atoms with E-state index in [0.29, 0.717) is 31.9 Å². The number of rotatable bonds is 4. The zero-order valence-corrected chi connectivity index (χ0v) is 11.4. The van der Waals surface area contributed by atoms with E-state index in [4.69, 9.17) is 15.2 Å². The monoisotopic (exact) mass is 264 g/mol. The molecule has 0 aliphatic carbocycles. The standard InChI is InChI=1S/C14H20N2O3/c1-9(8-15)5-14(17)16-11-7-13-12(6-10(11)2)18-3-4-19-13/h6-7,9H,3-5,8,15H2,1-2H3,(H,16,17). The van der Waals surface area contributed by atoms with Crippen LogP contribution in [-0.2, 0) is 4.79 Å². The van der Waals surface area contributed by atoms with E-state index in [-0.39, 0.29) is 11.8 Å². The first-order chi connectivity index (χ1) is 9.10. The van der Waals surface area contributed by atoms with Crippen LogP contribution in [-0.4, -0.2) is 25.7 Å². The van der Waals surface area contributed by atoms with E-state index in [1.165, 1.54) is 0 Å². The summed E-state index contributed by atoms with van der Waals surface area (Å²) in [5.41, 5.74) is 7.24. The summed E-state index contributed by atoms with van der Waals surface area (Å²) in [6.45, 7) is 5.49. The molecule has 5 nitrogen and oxygen atoms in total. The van der Waals surface area contributed by atoms with Gasteiger partial charge in [-0.25, -0.2) is 0 Å². The lowest BCUT2D eigenvalue weighted by Crippen LogP contribution is -2.21. The van der Waals surface area contributed by atoms with Crippen molar-refractivity contribution in [1.29, 1.82) is 0 Å². The van der Waals surface area contributed by atoms with Gasteiger partial charge in [0.05, 0.1) is 0 Å². The summed E-state index contributed by atoms with van der Waals surface area (Å²) in [4.78, 5) is 11.9. The van der Waals surface area contributed by atoms with Crippen molar-refractivity contribution in [1.82, 2.24) is 0 Å². The molecule has 1 atom stereocenters. The van der Waals surface area contributed by atoms with Crippen LogP contribution in [0.4, 0.5) is 5.69 Å². The van der Waals surface area contributed by atoms with Crippen molar-refractivity contribution in [2.75, 3.05) is 25.1 Å². The minimum Gasteiger partial charge on any atom is -0.486 e. The fourth-order valence-corrected chi connectivity index (χ4v) is 1.93. The highest BCUT2D eigenvalue weighted by Gasteiger charge is 2.16. The molecular weight excluding hydrogens is 244 g/mol. The topological polar surface area (TPSA) is 73.6 Å².